The van der Waals surface area contributed by atoms with Gasteiger partial charge in [0.15, 0.2) is 5.84 Å². The van der Waals surface area contributed by atoms with Crippen LogP contribution in [-0.2, 0) is 0 Å². The Kier molecular flexibility index (Phi) is 4.31. The van der Waals surface area contributed by atoms with Gasteiger partial charge in [-0.2, -0.15) is 0 Å². The summed E-state index contributed by atoms with van der Waals surface area (Å²) in [6.07, 6.45) is 0. The molecule has 0 fully saturated rings. The average molecular weight is 286 g/mol. The first-order chi connectivity index (χ1) is 9.95. The lowest BCUT2D eigenvalue weighted by molar-refractivity contribution is 0.318. The quantitative estimate of drug-likeness (QED) is 0.392. The molecule has 112 valence electrons. The van der Waals surface area contributed by atoms with Crippen molar-refractivity contribution >= 4 is 22.6 Å². The molecule has 5 nitrogen and oxygen atoms in total. The predicted molar refractivity (Wildman–Crippen MR) is 87.0 cm³/mol. The number of oxime groups is 1. The number of nitrogens with zero attached hydrogens (tertiary/aromatic N) is 3. The van der Waals surface area contributed by atoms with Crippen molar-refractivity contribution in [2.75, 3.05) is 11.9 Å². The van der Waals surface area contributed by atoms with E-state index in [1.807, 2.05) is 37.4 Å². The third-order valence-electron chi connectivity index (χ3n) is 4.02. The Morgan fingerprint density at radius 3 is 2.57 bits per heavy atom. The molecule has 2 rings (SSSR count). The van der Waals surface area contributed by atoms with Crippen molar-refractivity contribution < 1.29 is 5.21 Å². The van der Waals surface area contributed by atoms with Crippen LogP contribution in [0.15, 0.2) is 35.5 Å². The van der Waals surface area contributed by atoms with Crippen LogP contribution in [0.3, 0.4) is 0 Å². The van der Waals surface area contributed by atoms with Gasteiger partial charge in [0.25, 0.3) is 0 Å². The molecule has 0 saturated heterocycles. The molecule has 0 aliphatic carbocycles. The highest BCUT2D eigenvalue weighted by Gasteiger charge is 2.17. The van der Waals surface area contributed by atoms with Gasteiger partial charge in [0, 0.05) is 24.0 Å². The van der Waals surface area contributed by atoms with Crippen LogP contribution >= 0.6 is 0 Å². The number of para-hydroxylation sites is 1. The van der Waals surface area contributed by atoms with E-state index in [-0.39, 0.29) is 5.84 Å². The van der Waals surface area contributed by atoms with Gasteiger partial charge in [0.05, 0.1) is 5.52 Å². The number of hydrogen-bond acceptors (Lipinski definition) is 4. The number of hydrogen-bond donors (Lipinski definition) is 2. The number of amidine groups is 1. The van der Waals surface area contributed by atoms with Gasteiger partial charge in [-0.3, -0.25) is 0 Å². The van der Waals surface area contributed by atoms with Crippen molar-refractivity contribution in [3.8, 4) is 0 Å². The molecule has 0 aliphatic rings. The number of pyridine rings is 1. The third kappa shape index (κ3) is 2.91. The maximum Gasteiger partial charge on any atom is 0.170 e. The summed E-state index contributed by atoms with van der Waals surface area (Å²) < 4.78 is 0. The summed E-state index contributed by atoms with van der Waals surface area (Å²) in [5.74, 6) is 1.41. The van der Waals surface area contributed by atoms with E-state index in [0.717, 1.165) is 16.7 Å². The van der Waals surface area contributed by atoms with Gasteiger partial charge in [-0.15, -0.1) is 0 Å². The van der Waals surface area contributed by atoms with Crippen molar-refractivity contribution in [2.24, 2.45) is 16.8 Å². The van der Waals surface area contributed by atoms with Gasteiger partial charge in [-0.25, -0.2) is 4.98 Å². The molecule has 21 heavy (non-hydrogen) atoms. The van der Waals surface area contributed by atoms with E-state index >= 15 is 0 Å². The van der Waals surface area contributed by atoms with Crippen LogP contribution in [0.1, 0.15) is 26.3 Å². The molecule has 1 aromatic heterocycles. The maximum atomic E-state index is 9.00. The van der Waals surface area contributed by atoms with Crippen molar-refractivity contribution in [3.05, 3.63) is 35.9 Å². The Morgan fingerprint density at radius 2 is 1.95 bits per heavy atom. The lowest BCUT2D eigenvalue weighted by Gasteiger charge is -2.29. The molecule has 0 spiro atoms. The van der Waals surface area contributed by atoms with Crippen LogP contribution in [0.25, 0.3) is 10.9 Å². The molecule has 3 N–H and O–H groups in total. The zero-order valence-electron chi connectivity index (χ0n) is 12.9. The fourth-order valence-electron chi connectivity index (χ4n) is 2.26. The molecule has 0 saturated carbocycles. The molecule has 0 aliphatic heterocycles. The summed E-state index contributed by atoms with van der Waals surface area (Å²) in [6.45, 7) is 6.50. The molecule has 5 heteroatoms. The van der Waals surface area contributed by atoms with Crippen LogP contribution in [-0.4, -0.2) is 29.1 Å². The van der Waals surface area contributed by atoms with Gasteiger partial charge in [0.2, 0.25) is 0 Å². The number of benzene rings is 1. The van der Waals surface area contributed by atoms with Gasteiger partial charge >= 0.3 is 0 Å². The second kappa shape index (κ2) is 5.99. The van der Waals surface area contributed by atoms with E-state index in [0.29, 0.717) is 17.5 Å². The largest absolute Gasteiger partial charge is 0.409 e. The average Bonchev–Trinajstić information content (AvgIpc) is 2.51. The van der Waals surface area contributed by atoms with E-state index in [9.17, 15) is 0 Å². The van der Waals surface area contributed by atoms with E-state index in [4.69, 9.17) is 10.9 Å². The molecule has 1 heterocycles. The maximum absolute atomic E-state index is 9.00. The van der Waals surface area contributed by atoms with Gasteiger partial charge in [-0.05, 0) is 25.0 Å². The second-order valence-corrected chi connectivity index (χ2v) is 5.63. The van der Waals surface area contributed by atoms with Crippen molar-refractivity contribution in [2.45, 2.75) is 26.8 Å². The van der Waals surface area contributed by atoms with Crippen LogP contribution in [0.2, 0.25) is 0 Å². The summed E-state index contributed by atoms with van der Waals surface area (Å²) >= 11 is 0. The lowest BCUT2D eigenvalue weighted by atomic mass is 10.0. The lowest BCUT2D eigenvalue weighted by Crippen LogP contribution is -2.34. The molecule has 1 unspecified atom stereocenters. The van der Waals surface area contributed by atoms with Crippen LogP contribution < -0.4 is 10.6 Å². The third-order valence-corrected chi connectivity index (χ3v) is 4.02. The van der Waals surface area contributed by atoms with Crippen LogP contribution in [0.4, 0.5) is 5.82 Å². The minimum atomic E-state index is 0.0976. The zero-order valence-corrected chi connectivity index (χ0v) is 12.9. The van der Waals surface area contributed by atoms with E-state index in [1.165, 1.54) is 0 Å². The Hall–Kier alpha value is -2.30. The van der Waals surface area contributed by atoms with E-state index < -0.39 is 0 Å². The Morgan fingerprint density at radius 1 is 1.29 bits per heavy atom. The number of nitrogens with two attached hydrogens (primary N) is 1. The number of aromatic nitrogens is 1. The standard InChI is InChI=1S/C16H22N4O/c1-10(2)11(3)20(4)15-9-13(16(17)19-21)12-7-5-6-8-14(12)18-15/h5-11,21H,1-4H3,(H2,17,19). The summed E-state index contributed by atoms with van der Waals surface area (Å²) in [5.41, 5.74) is 7.35. The molecular formula is C16H22N4O. The first kappa shape index (κ1) is 15.1. The Balaban J connectivity index is 2.61. The zero-order chi connectivity index (χ0) is 15.6. The van der Waals surface area contributed by atoms with Gasteiger partial charge < -0.3 is 15.8 Å². The van der Waals surface area contributed by atoms with Crippen molar-refractivity contribution in [1.29, 1.82) is 0 Å². The summed E-state index contributed by atoms with van der Waals surface area (Å²) in [6, 6.07) is 9.90. The van der Waals surface area contributed by atoms with Crippen LogP contribution in [0, 0.1) is 5.92 Å². The first-order valence-corrected chi connectivity index (χ1v) is 7.06. The predicted octanol–water partition coefficient (Wildman–Crippen LogP) is 2.81. The minimum Gasteiger partial charge on any atom is -0.409 e. The van der Waals surface area contributed by atoms with Gasteiger partial charge in [-0.1, -0.05) is 37.2 Å². The molecule has 0 radical (unpaired) electrons. The normalized spacial score (nSPS) is 13.7. The number of fused-ring (bicyclic) bond motifs is 1. The smallest absolute Gasteiger partial charge is 0.170 e. The van der Waals surface area contributed by atoms with Crippen molar-refractivity contribution in [3.63, 3.8) is 0 Å². The van der Waals surface area contributed by atoms with E-state index in [2.05, 4.69) is 35.8 Å². The fourth-order valence-corrected chi connectivity index (χ4v) is 2.26. The molecule has 2 aromatic rings. The molecular weight excluding hydrogens is 264 g/mol. The highest BCUT2D eigenvalue weighted by atomic mass is 16.4. The molecule has 1 aromatic carbocycles. The molecule has 1 atom stereocenters. The molecule has 0 amide bonds. The number of rotatable bonds is 4. The fraction of sp³-hybridized carbons (Fsp3) is 0.375. The first-order valence-electron chi connectivity index (χ1n) is 7.06. The summed E-state index contributed by atoms with van der Waals surface area (Å²) in [5, 5.41) is 13.0. The summed E-state index contributed by atoms with van der Waals surface area (Å²) in [7, 11) is 2.01. The summed E-state index contributed by atoms with van der Waals surface area (Å²) in [4.78, 5) is 6.81. The SMILES string of the molecule is CC(C)C(C)N(C)c1cc(C(N)=NO)c2ccccc2n1. The highest BCUT2D eigenvalue weighted by molar-refractivity contribution is 6.08. The van der Waals surface area contributed by atoms with Crippen LogP contribution in [0.5, 0.6) is 0 Å². The van der Waals surface area contributed by atoms with E-state index in [1.54, 1.807) is 0 Å². The highest BCUT2D eigenvalue weighted by Crippen LogP contribution is 2.24. The minimum absolute atomic E-state index is 0.0976. The Bertz CT molecular complexity index is 666. The second-order valence-electron chi connectivity index (χ2n) is 5.63. The number of anilines is 1. The molecule has 0 bridgehead atoms. The topological polar surface area (TPSA) is 74.7 Å². The van der Waals surface area contributed by atoms with Gasteiger partial charge in [0.1, 0.15) is 5.82 Å². The van der Waals surface area contributed by atoms with Crippen molar-refractivity contribution in [1.82, 2.24) is 4.98 Å². The monoisotopic (exact) mass is 286 g/mol. The Labute approximate surface area is 125 Å².